The number of hydrogen-bond donors (Lipinski definition) is 5. The fourth-order valence-electron chi connectivity index (χ4n) is 5.03. The second-order valence-electron chi connectivity index (χ2n) is 10.8. The van der Waals surface area contributed by atoms with Crippen LogP contribution in [-0.2, 0) is 28.9 Å². The van der Waals surface area contributed by atoms with Gasteiger partial charge in [0.2, 0.25) is 11.8 Å². The highest BCUT2D eigenvalue weighted by molar-refractivity contribution is 7.99. The molecule has 1 aliphatic heterocycles. The number of thiazole rings is 1. The number of nitrogens with zero attached hydrogens (tertiary/aromatic N) is 2. The number of fused-ring (bicyclic) bond motifs is 1. The molecule has 1 fully saturated rings. The number of carbonyl (C=O) groups excluding carboxylic acids is 2. The Bertz CT molecular complexity index is 1280. The Morgan fingerprint density at radius 2 is 1.81 bits per heavy atom. The Balaban J connectivity index is 1.44. The fourth-order valence-corrected chi connectivity index (χ4v) is 7.08. The number of aromatic nitrogens is 1. The van der Waals surface area contributed by atoms with Crippen LogP contribution in [0.15, 0.2) is 48.5 Å². The van der Waals surface area contributed by atoms with Crippen molar-refractivity contribution in [2.45, 2.75) is 51.5 Å². The fraction of sp³-hybridized carbons (Fsp3) is 0.516. The molecule has 0 saturated carbocycles. The first-order chi connectivity index (χ1) is 20.3. The van der Waals surface area contributed by atoms with Gasteiger partial charge in [-0.15, -0.1) is 11.3 Å². The van der Waals surface area contributed by atoms with Crippen molar-refractivity contribution in [1.82, 2.24) is 31.2 Å². The van der Waals surface area contributed by atoms with Crippen molar-refractivity contribution in [2.24, 2.45) is 5.92 Å². The van der Waals surface area contributed by atoms with Crippen LogP contribution in [0.5, 0.6) is 0 Å². The molecule has 0 bridgehead atoms. The van der Waals surface area contributed by atoms with Crippen LogP contribution in [0.3, 0.4) is 0 Å². The standard InChI is InChI=1S/C31H44N6O3S2/c1-4-22-10-11-25-27(17-22)42-28(35-25)18-26(36-31(40)32-3)30(39)34-24(16-23-8-6-5-7-9-23)19-33-29(38)21(2)20-37-12-14-41-15-13-37/h5-11,17,21,24,26,31-32,36,40H,4,12-16,18-20H2,1-3H3,(H,33,38)(H,34,39)/t21?,24-,26-,31?/m0/s1. The van der Waals surface area contributed by atoms with Crippen LogP contribution in [0.4, 0.5) is 0 Å². The van der Waals surface area contributed by atoms with Crippen LogP contribution in [-0.4, -0.2) is 90.0 Å². The molecule has 1 aliphatic rings. The molecular weight excluding hydrogens is 569 g/mol. The topological polar surface area (TPSA) is 119 Å². The van der Waals surface area contributed by atoms with E-state index in [1.165, 1.54) is 5.56 Å². The second-order valence-corrected chi connectivity index (χ2v) is 13.2. The zero-order chi connectivity index (χ0) is 29.9. The van der Waals surface area contributed by atoms with E-state index >= 15 is 0 Å². The molecule has 2 aromatic carbocycles. The first-order valence-corrected chi connectivity index (χ1v) is 16.7. The van der Waals surface area contributed by atoms with E-state index in [1.54, 1.807) is 18.4 Å². The zero-order valence-electron chi connectivity index (χ0n) is 24.8. The first-order valence-electron chi connectivity index (χ1n) is 14.8. The van der Waals surface area contributed by atoms with Gasteiger partial charge in [0.25, 0.3) is 0 Å². The molecule has 228 valence electrons. The van der Waals surface area contributed by atoms with Gasteiger partial charge in [-0.25, -0.2) is 4.98 Å². The summed E-state index contributed by atoms with van der Waals surface area (Å²) < 4.78 is 1.08. The summed E-state index contributed by atoms with van der Waals surface area (Å²) in [5.41, 5.74) is 3.21. The summed E-state index contributed by atoms with van der Waals surface area (Å²) in [6, 6.07) is 15.1. The summed E-state index contributed by atoms with van der Waals surface area (Å²) in [6.07, 6.45) is 0.760. The summed E-state index contributed by atoms with van der Waals surface area (Å²) >= 11 is 3.52. The van der Waals surface area contributed by atoms with Gasteiger partial charge in [0.1, 0.15) is 0 Å². The summed E-state index contributed by atoms with van der Waals surface area (Å²) in [5.74, 6) is 1.80. The molecule has 11 heteroatoms. The zero-order valence-corrected chi connectivity index (χ0v) is 26.4. The molecule has 4 rings (SSSR count). The van der Waals surface area contributed by atoms with Gasteiger partial charge in [0.05, 0.1) is 27.3 Å². The highest BCUT2D eigenvalue weighted by atomic mass is 32.2. The molecule has 1 saturated heterocycles. The smallest absolute Gasteiger partial charge is 0.237 e. The highest BCUT2D eigenvalue weighted by Crippen LogP contribution is 2.24. The minimum absolute atomic E-state index is 0.0123. The molecular formula is C31H44N6O3S2. The van der Waals surface area contributed by atoms with E-state index in [-0.39, 0.29) is 23.8 Å². The van der Waals surface area contributed by atoms with Gasteiger partial charge in [-0.2, -0.15) is 11.8 Å². The predicted octanol–water partition coefficient (Wildman–Crippen LogP) is 2.38. The minimum atomic E-state index is -1.07. The average molecular weight is 613 g/mol. The van der Waals surface area contributed by atoms with Crippen LogP contribution >= 0.6 is 23.1 Å². The monoisotopic (exact) mass is 612 g/mol. The molecule has 5 N–H and O–H groups in total. The molecule has 0 spiro atoms. The second kappa shape index (κ2) is 16.3. The van der Waals surface area contributed by atoms with Gasteiger partial charge in [-0.1, -0.05) is 50.2 Å². The van der Waals surface area contributed by atoms with Crippen LogP contribution in [0.2, 0.25) is 0 Å². The van der Waals surface area contributed by atoms with Crippen molar-refractivity contribution in [3.8, 4) is 0 Å². The number of benzene rings is 2. The van der Waals surface area contributed by atoms with E-state index in [1.807, 2.05) is 55.1 Å². The van der Waals surface area contributed by atoms with Gasteiger partial charge in [-0.05, 0) is 43.1 Å². The number of thioether (sulfide) groups is 1. The third-order valence-electron chi connectivity index (χ3n) is 7.51. The number of aryl methyl sites for hydroxylation is 1. The van der Waals surface area contributed by atoms with E-state index in [9.17, 15) is 14.7 Å². The summed E-state index contributed by atoms with van der Waals surface area (Å²) in [6.45, 7) is 7.14. The van der Waals surface area contributed by atoms with Crippen LogP contribution in [0.1, 0.15) is 30.0 Å². The predicted molar refractivity (Wildman–Crippen MR) is 173 cm³/mol. The van der Waals surface area contributed by atoms with Gasteiger partial charge in [-0.3, -0.25) is 20.2 Å². The van der Waals surface area contributed by atoms with E-state index in [2.05, 4.69) is 45.2 Å². The van der Waals surface area contributed by atoms with Crippen molar-refractivity contribution in [1.29, 1.82) is 0 Å². The third-order valence-corrected chi connectivity index (χ3v) is 9.49. The number of aliphatic hydroxyl groups is 1. The van der Waals surface area contributed by atoms with Gasteiger partial charge in [0.15, 0.2) is 6.35 Å². The molecule has 9 nitrogen and oxygen atoms in total. The van der Waals surface area contributed by atoms with Gasteiger partial charge in [0, 0.05) is 50.0 Å². The largest absolute Gasteiger partial charge is 0.365 e. The Morgan fingerprint density at radius 1 is 1.05 bits per heavy atom. The molecule has 2 unspecified atom stereocenters. The van der Waals surface area contributed by atoms with E-state index < -0.39 is 12.4 Å². The lowest BCUT2D eigenvalue weighted by atomic mass is 10.0. The number of aliphatic hydroxyl groups excluding tert-OH is 1. The number of nitrogens with one attached hydrogen (secondary N) is 4. The lowest BCUT2D eigenvalue weighted by Gasteiger charge is -2.29. The maximum Gasteiger partial charge on any atom is 0.237 e. The normalized spacial score (nSPS) is 17.0. The maximum absolute atomic E-state index is 13.7. The summed E-state index contributed by atoms with van der Waals surface area (Å²) in [4.78, 5) is 33.8. The number of carbonyl (C=O) groups is 2. The average Bonchev–Trinajstić information content (AvgIpc) is 3.41. The Labute approximate surface area is 257 Å². The summed E-state index contributed by atoms with van der Waals surface area (Å²) in [5, 5.41) is 23.1. The third kappa shape index (κ3) is 9.75. The highest BCUT2D eigenvalue weighted by Gasteiger charge is 2.26. The molecule has 2 heterocycles. The van der Waals surface area contributed by atoms with Crippen molar-refractivity contribution in [3.05, 3.63) is 64.7 Å². The van der Waals surface area contributed by atoms with Gasteiger partial charge < -0.3 is 20.6 Å². The molecule has 0 aliphatic carbocycles. The van der Waals surface area contributed by atoms with E-state index in [0.717, 1.165) is 58.3 Å². The van der Waals surface area contributed by atoms with Crippen LogP contribution in [0.25, 0.3) is 10.2 Å². The lowest BCUT2D eigenvalue weighted by Crippen LogP contribution is -2.56. The van der Waals surface area contributed by atoms with E-state index in [0.29, 0.717) is 19.4 Å². The molecule has 2 amide bonds. The number of hydrogen-bond acceptors (Lipinski definition) is 9. The van der Waals surface area contributed by atoms with Crippen LogP contribution < -0.4 is 21.3 Å². The van der Waals surface area contributed by atoms with Crippen molar-refractivity contribution in [2.75, 3.05) is 44.7 Å². The van der Waals surface area contributed by atoms with E-state index in [4.69, 9.17) is 4.98 Å². The number of rotatable bonds is 15. The Morgan fingerprint density at radius 3 is 2.52 bits per heavy atom. The van der Waals surface area contributed by atoms with Gasteiger partial charge >= 0.3 is 0 Å². The van der Waals surface area contributed by atoms with Crippen molar-refractivity contribution >= 4 is 45.1 Å². The first kappa shape index (κ1) is 32.4. The quantitative estimate of drug-likeness (QED) is 0.166. The Kier molecular flexibility index (Phi) is 12.6. The molecule has 0 radical (unpaired) electrons. The minimum Gasteiger partial charge on any atom is -0.365 e. The molecule has 4 atom stereocenters. The summed E-state index contributed by atoms with van der Waals surface area (Å²) in [7, 11) is 1.62. The SMILES string of the molecule is CCc1ccc2nc(C[C@H](NC(O)NC)C(=O)N[C@H](CNC(=O)C(C)CN3CCSCC3)Cc3ccccc3)sc2c1. The molecule has 3 aromatic rings. The maximum atomic E-state index is 13.7. The Hall–Kier alpha value is -2.54. The lowest BCUT2D eigenvalue weighted by molar-refractivity contribution is -0.127. The van der Waals surface area contributed by atoms with Crippen molar-refractivity contribution in [3.63, 3.8) is 0 Å². The van der Waals surface area contributed by atoms with Crippen LogP contribution in [0, 0.1) is 5.92 Å². The number of amides is 2. The molecule has 1 aromatic heterocycles. The molecule has 42 heavy (non-hydrogen) atoms. The van der Waals surface area contributed by atoms with Crippen molar-refractivity contribution < 1.29 is 14.7 Å².